The number of aliphatic hydroxyl groups excluding tert-OH is 2. The van der Waals surface area contributed by atoms with Crippen LogP contribution in [0.25, 0.3) is 0 Å². The summed E-state index contributed by atoms with van der Waals surface area (Å²) >= 11 is 0. The Kier molecular flexibility index (Phi) is 4.17. The number of Topliss-reactive ketones (excluding diaryl/α,β-unsaturated/α-hetero) is 1. The quantitative estimate of drug-likeness (QED) is 0.597. The van der Waals surface area contributed by atoms with Gasteiger partial charge < -0.3 is 20.4 Å². The molecule has 0 aliphatic heterocycles. The zero-order valence-corrected chi connectivity index (χ0v) is 16.1. The number of hydrogen-bond donors (Lipinski definition) is 4. The van der Waals surface area contributed by atoms with E-state index in [1.165, 1.54) is 0 Å². The average Bonchev–Trinajstić information content (AvgIpc) is 2.87. The summed E-state index contributed by atoms with van der Waals surface area (Å²) in [6.07, 6.45) is 5.78. The molecule has 4 fully saturated rings. The van der Waals surface area contributed by atoms with Gasteiger partial charge in [-0.2, -0.15) is 0 Å². The summed E-state index contributed by atoms with van der Waals surface area (Å²) in [4.78, 5) is 12.3. The average molecular weight is 366 g/mol. The van der Waals surface area contributed by atoms with E-state index in [0.29, 0.717) is 32.1 Å². The molecule has 0 radical (unpaired) electrons. The Labute approximate surface area is 155 Å². The summed E-state index contributed by atoms with van der Waals surface area (Å²) in [6, 6.07) is 0. The van der Waals surface area contributed by atoms with Gasteiger partial charge in [0.05, 0.1) is 17.3 Å². The minimum Gasteiger partial charge on any atom is -0.393 e. The van der Waals surface area contributed by atoms with Crippen molar-refractivity contribution in [2.45, 2.75) is 88.9 Å². The van der Waals surface area contributed by atoms with Crippen LogP contribution < -0.4 is 0 Å². The molecule has 148 valence electrons. The van der Waals surface area contributed by atoms with E-state index in [2.05, 4.69) is 6.92 Å². The van der Waals surface area contributed by atoms with Gasteiger partial charge in [-0.25, -0.2) is 0 Å². The summed E-state index contributed by atoms with van der Waals surface area (Å²) in [5, 5.41) is 42.8. The molecule has 4 rings (SSSR count). The van der Waals surface area contributed by atoms with Gasteiger partial charge in [0.25, 0.3) is 0 Å². The summed E-state index contributed by atoms with van der Waals surface area (Å²) < 4.78 is 0. The lowest BCUT2D eigenvalue weighted by Gasteiger charge is -2.65. The molecule has 26 heavy (non-hydrogen) atoms. The highest BCUT2D eigenvalue weighted by Crippen LogP contribution is 2.69. The van der Waals surface area contributed by atoms with Crippen LogP contribution in [0.2, 0.25) is 0 Å². The minimum absolute atomic E-state index is 0.0817. The van der Waals surface area contributed by atoms with E-state index in [-0.39, 0.29) is 29.0 Å². The van der Waals surface area contributed by atoms with Crippen molar-refractivity contribution in [2.75, 3.05) is 6.61 Å². The zero-order chi connectivity index (χ0) is 19.0. The predicted octanol–water partition coefficient (Wildman–Crippen LogP) is 1.80. The summed E-state index contributed by atoms with van der Waals surface area (Å²) in [7, 11) is 0. The first-order valence-corrected chi connectivity index (χ1v) is 10.4. The molecule has 2 unspecified atom stereocenters. The van der Waals surface area contributed by atoms with Crippen LogP contribution in [-0.2, 0) is 4.79 Å². The standard InChI is InChI=1S/C21H34O5/c1-18-7-3-13(23)11-20(18,25)9-5-15-14(18)4-8-19(2)16(17(24)12-22)6-10-21(15,19)26/h13-16,22-23,25-26H,3-12H2,1-2H3/t13?,14-,15+,16+,18+,19+,20?,21-/m0/s1. The van der Waals surface area contributed by atoms with Gasteiger partial charge in [-0.3, -0.25) is 4.79 Å². The Morgan fingerprint density at radius 3 is 2.27 bits per heavy atom. The number of ketones is 1. The highest BCUT2D eigenvalue weighted by molar-refractivity contribution is 5.83. The largest absolute Gasteiger partial charge is 0.393 e. The molecule has 4 aliphatic carbocycles. The Morgan fingerprint density at radius 2 is 1.58 bits per heavy atom. The molecule has 0 aromatic carbocycles. The van der Waals surface area contributed by atoms with E-state index < -0.39 is 29.3 Å². The third-order valence-electron chi connectivity index (χ3n) is 9.51. The molecule has 4 aliphatic rings. The van der Waals surface area contributed by atoms with E-state index in [4.69, 9.17) is 0 Å². The molecule has 0 bridgehead atoms. The van der Waals surface area contributed by atoms with Crippen LogP contribution in [0.5, 0.6) is 0 Å². The molecule has 0 amide bonds. The second kappa shape index (κ2) is 5.76. The topological polar surface area (TPSA) is 98.0 Å². The van der Waals surface area contributed by atoms with Gasteiger partial charge in [0.15, 0.2) is 5.78 Å². The van der Waals surface area contributed by atoms with Gasteiger partial charge in [0, 0.05) is 17.8 Å². The van der Waals surface area contributed by atoms with E-state index in [1.807, 2.05) is 6.92 Å². The SMILES string of the molecule is C[C@]12CCC(O)CC1(O)CC[C@@H]1[C@@H]2CC[C@]2(C)[C@@H](C(=O)CO)CC[C@]12O. The monoisotopic (exact) mass is 366 g/mol. The zero-order valence-electron chi connectivity index (χ0n) is 16.1. The van der Waals surface area contributed by atoms with Gasteiger partial charge in [-0.05, 0) is 68.6 Å². The van der Waals surface area contributed by atoms with Gasteiger partial charge in [0.1, 0.15) is 6.61 Å². The third-order valence-corrected chi connectivity index (χ3v) is 9.51. The lowest BCUT2D eigenvalue weighted by atomic mass is 9.42. The Morgan fingerprint density at radius 1 is 0.923 bits per heavy atom. The van der Waals surface area contributed by atoms with E-state index >= 15 is 0 Å². The number of carbonyl (C=O) groups is 1. The molecular weight excluding hydrogens is 332 g/mol. The van der Waals surface area contributed by atoms with Crippen molar-refractivity contribution in [3.8, 4) is 0 Å². The lowest BCUT2D eigenvalue weighted by Crippen LogP contribution is -2.67. The molecule has 0 aromatic heterocycles. The van der Waals surface area contributed by atoms with E-state index in [1.54, 1.807) is 0 Å². The van der Waals surface area contributed by atoms with Crippen molar-refractivity contribution in [1.82, 2.24) is 0 Å². The number of aliphatic hydroxyl groups is 4. The number of hydrogen-bond acceptors (Lipinski definition) is 5. The fourth-order valence-electron chi connectivity index (χ4n) is 7.82. The molecule has 5 nitrogen and oxygen atoms in total. The van der Waals surface area contributed by atoms with E-state index in [9.17, 15) is 25.2 Å². The van der Waals surface area contributed by atoms with Crippen molar-refractivity contribution < 1.29 is 25.2 Å². The van der Waals surface area contributed by atoms with Crippen molar-refractivity contribution >= 4 is 5.78 Å². The number of rotatable bonds is 2. The van der Waals surface area contributed by atoms with Gasteiger partial charge in [-0.1, -0.05) is 13.8 Å². The fraction of sp³-hybridized carbons (Fsp3) is 0.952. The first-order chi connectivity index (χ1) is 12.1. The van der Waals surface area contributed by atoms with Crippen LogP contribution in [0.4, 0.5) is 0 Å². The van der Waals surface area contributed by atoms with Crippen molar-refractivity contribution in [3.05, 3.63) is 0 Å². The minimum atomic E-state index is -0.897. The number of fused-ring (bicyclic) bond motifs is 5. The maximum Gasteiger partial charge on any atom is 0.161 e. The highest BCUT2D eigenvalue weighted by atomic mass is 16.3. The third kappa shape index (κ3) is 2.15. The van der Waals surface area contributed by atoms with Gasteiger partial charge in [-0.15, -0.1) is 0 Å². The Bertz CT molecular complexity index is 607. The van der Waals surface area contributed by atoms with Crippen LogP contribution in [0.15, 0.2) is 0 Å². The van der Waals surface area contributed by atoms with Crippen LogP contribution in [0, 0.1) is 28.6 Å². The smallest absolute Gasteiger partial charge is 0.161 e. The number of carbonyl (C=O) groups excluding carboxylic acids is 1. The molecule has 0 aromatic rings. The second-order valence-corrected chi connectivity index (χ2v) is 10.2. The lowest BCUT2D eigenvalue weighted by molar-refractivity contribution is -0.255. The Balaban J connectivity index is 1.69. The van der Waals surface area contributed by atoms with Crippen molar-refractivity contribution in [1.29, 1.82) is 0 Å². The molecule has 5 heteroatoms. The molecule has 8 atom stereocenters. The van der Waals surface area contributed by atoms with E-state index in [0.717, 1.165) is 25.7 Å². The molecule has 4 N–H and O–H groups in total. The molecular formula is C21H34O5. The first-order valence-electron chi connectivity index (χ1n) is 10.4. The normalized spacial score (nSPS) is 56.4. The van der Waals surface area contributed by atoms with Gasteiger partial charge in [0.2, 0.25) is 0 Å². The maximum absolute atomic E-state index is 12.3. The van der Waals surface area contributed by atoms with Crippen molar-refractivity contribution in [3.63, 3.8) is 0 Å². The molecule has 4 saturated carbocycles. The molecule has 0 spiro atoms. The van der Waals surface area contributed by atoms with Crippen LogP contribution in [0.3, 0.4) is 0 Å². The van der Waals surface area contributed by atoms with Crippen LogP contribution in [-0.4, -0.2) is 50.1 Å². The van der Waals surface area contributed by atoms with Gasteiger partial charge >= 0.3 is 0 Å². The highest BCUT2D eigenvalue weighted by Gasteiger charge is 2.70. The maximum atomic E-state index is 12.3. The van der Waals surface area contributed by atoms with Crippen LogP contribution >= 0.6 is 0 Å². The summed E-state index contributed by atoms with van der Waals surface area (Å²) in [5.41, 5.74) is -2.51. The first kappa shape index (κ1) is 18.9. The summed E-state index contributed by atoms with van der Waals surface area (Å²) in [6.45, 7) is 3.76. The predicted molar refractivity (Wildman–Crippen MR) is 96.2 cm³/mol. The second-order valence-electron chi connectivity index (χ2n) is 10.2. The van der Waals surface area contributed by atoms with Crippen LogP contribution in [0.1, 0.15) is 71.6 Å². The van der Waals surface area contributed by atoms with Crippen molar-refractivity contribution in [2.24, 2.45) is 28.6 Å². The Hall–Kier alpha value is -0.490. The molecule has 0 saturated heterocycles. The molecule has 0 heterocycles. The summed E-state index contributed by atoms with van der Waals surface area (Å²) in [5.74, 6) is -0.102. The fourth-order valence-corrected chi connectivity index (χ4v) is 7.82.